The number of hydrogen-bond acceptors (Lipinski definition) is 7. The molecule has 1 unspecified atom stereocenters. The summed E-state index contributed by atoms with van der Waals surface area (Å²) in [5.74, 6) is -1.26. The van der Waals surface area contributed by atoms with E-state index in [2.05, 4.69) is 22.8 Å². The van der Waals surface area contributed by atoms with E-state index in [1.165, 1.54) is 24.7 Å². The smallest absolute Gasteiger partial charge is 0.341 e. The number of carbonyl (C=O) groups excluding carboxylic acids is 3. The largest absolute Gasteiger partial charge is 0.496 e. The second-order valence-corrected chi connectivity index (χ2v) is 8.28. The molecule has 8 nitrogen and oxygen atoms in total. The SMILES string of the molecule is CCOC(=O)c1c(NC(=O)C(=O)N/N=C/c2ccccc2OC)sc2c1CCC(C)C2. The summed E-state index contributed by atoms with van der Waals surface area (Å²) in [7, 11) is 1.53. The number of amides is 2. The molecule has 0 saturated carbocycles. The first kappa shape index (κ1) is 22.5. The summed E-state index contributed by atoms with van der Waals surface area (Å²) < 4.78 is 10.4. The van der Waals surface area contributed by atoms with Gasteiger partial charge in [0.2, 0.25) is 0 Å². The molecule has 3 rings (SSSR count). The van der Waals surface area contributed by atoms with E-state index in [0.29, 0.717) is 27.8 Å². The Kier molecular flexibility index (Phi) is 7.41. The van der Waals surface area contributed by atoms with Gasteiger partial charge < -0.3 is 14.8 Å². The second kappa shape index (κ2) is 10.2. The standard InChI is InChI=1S/C22H25N3O5S/c1-4-30-22(28)18-15-10-9-13(2)11-17(15)31-21(18)24-19(26)20(27)25-23-12-14-7-5-6-8-16(14)29-3/h5-8,12-13H,4,9-11H2,1-3H3,(H,24,26)(H,25,27)/b23-12+. The number of benzene rings is 1. The van der Waals surface area contributed by atoms with Crippen LogP contribution in [0.15, 0.2) is 29.4 Å². The van der Waals surface area contributed by atoms with Gasteiger partial charge in [0, 0.05) is 10.4 Å². The van der Waals surface area contributed by atoms with E-state index in [9.17, 15) is 14.4 Å². The van der Waals surface area contributed by atoms with E-state index < -0.39 is 17.8 Å². The highest BCUT2D eigenvalue weighted by Crippen LogP contribution is 2.40. The maximum absolute atomic E-state index is 12.5. The van der Waals surface area contributed by atoms with Crippen LogP contribution in [0.4, 0.5) is 5.00 Å². The fourth-order valence-electron chi connectivity index (χ4n) is 3.40. The minimum atomic E-state index is -0.944. The molecule has 2 aromatic rings. The number of carbonyl (C=O) groups is 3. The van der Waals surface area contributed by atoms with E-state index in [-0.39, 0.29) is 6.61 Å². The third-order valence-electron chi connectivity index (χ3n) is 4.93. The van der Waals surface area contributed by atoms with Gasteiger partial charge in [-0.2, -0.15) is 5.10 Å². The average molecular weight is 444 g/mol. The lowest BCUT2D eigenvalue weighted by Gasteiger charge is -2.18. The van der Waals surface area contributed by atoms with Gasteiger partial charge in [0.05, 0.1) is 25.5 Å². The predicted molar refractivity (Wildman–Crippen MR) is 119 cm³/mol. The summed E-state index contributed by atoms with van der Waals surface area (Å²) in [6, 6.07) is 7.13. The van der Waals surface area contributed by atoms with Crippen LogP contribution in [-0.4, -0.2) is 37.7 Å². The number of ether oxygens (including phenoxy) is 2. The highest BCUT2D eigenvalue weighted by molar-refractivity contribution is 7.17. The molecular formula is C22H25N3O5S. The van der Waals surface area contributed by atoms with E-state index in [0.717, 1.165) is 29.7 Å². The van der Waals surface area contributed by atoms with Crippen LogP contribution in [-0.2, 0) is 27.2 Å². The van der Waals surface area contributed by atoms with Crippen molar-refractivity contribution in [1.29, 1.82) is 0 Å². The number of hydrogen-bond donors (Lipinski definition) is 2. The summed E-state index contributed by atoms with van der Waals surface area (Å²) in [6.45, 7) is 4.10. The molecule has 1 aromatic carbocycles. The van der Waals surface area contributed by atoms with Gasteiger partial charge >= 0.3 is 17.8 Å². The van der Waals surface area contributed by atoms with E-state index >= 15 is 0 Å². The Balaban J connectivity index is 1.72. The molecule has 9 heteroatoms. The third kappa shape index (κ3) is 5.29. The maximum Gasteiger partial charge on any atom is 0.341 e. The summed E-state index contributed by atoms with van der Waals surface area (Å²) >= 11 is 1.32. The molecule has 0 saturated heterocycles. The van der Waals surface area contributed by atoms with Crippen LogP contribution in [0.5, 0.6) is 5.75 Å². The first-order valence-corrected chi connectivity index (χ1v) is 10.8. The average Bonchev–Trinajstić information content (AvgIpc) is 3.10. The Bertz CT molecular complexity index is 1010. The van der Waals surface area contributed by atoms with Crippen molar-refractivity contribution in [3.05, 3.63) is 45.8 Å². The third-order valence-corrected chi connectivity index (χ3v) is 6.10. The molecule has 1 aromatic heterocycles. The zero-order valence-electron chi connectivity index (χ0n) is 17.7. The Labute approximate surface area is 184 Å². The second-order valence-electron chi connectivity index (χ2n) is 7.17. The van der Waals surface area contributed by atoms with Crippen LogP contribution in [0.2, 0.25) is 0 Å². The Hall–Kier alpha value is -3.20. The molecule has 1 heterocycles. The minimum Gasteiger partial charge on any atom is -0.496 e. The first-order chi connectivity index (χ1) is 14.9. The normalized spacial score (nSPS) is 15.3. The number of methoxy groups -OCH3 is 1. The molecule has 0 radical (unpaired) electrons. The molecule has 1 aliphatic rings. The highest BCUT2D eigenvalue weighted by atomic mass is 32.1. The first-order valence-electron chi connectivity index (χ1n) is 10.0. The molecule has 0 fully saturated rings. The van der Waals surface area contributed by atoms with Crippen molar-refractivity contribution in [3.63, 3.8) is 0 Å². The van der Waals surface area contributed by atoms with Crippen LogP contribution >= 0.6 is 11.3 Å². The molecule has 1 atom stereocenters. The maximum atomic E-state index is 12.5. The van der Waals surface area contributed by atoms with Crippen molar-refractivity contribution < 1.29 is 23.9 Å². The van der Waals surface area contributed by atoms with Gasteiger partial charge in [-0.3, -0.25) is 9.59 Å². The molecule has 2 amide bonds. The van der Waals surface area contributed by atoms with Crippen LogP contribution in [0, 0.1) is 5.92 Å². The van der Waals surface area contributed by atoms with Crippen molar-refractivity contribution >= 4 is 40.3 Å². The number of para-hydroxylation sites is 1. The number of hydrazone groups is 1. The van der Waals surface area contributed by atoms with Crippen molar-refractivity contribution in [2.24, 2.45) is 11.0 Å². The summed E-state index contributed by atoms with van der Waals surface area (Å²) in [6.07, 6.45) is 3.92. The van der Waals surface area contributed by atoms with Gasteiger partial charge in [-0.1, -0.05) is 19.1 Å². The summed E-state index contributed by atoms with van der Waals surface area (Å²) in [5, 5.41) is 6.72. The molecular weight excluding hydrogens is 418 g/mol. The van der Waals surface area contributed by atoms with Gasteiger partial charge in [0.15, 0.2) is 0 Å². The molecule has 1 aliphatic carbocycles. The minimum absolute atomic E-state index is 0.228. The van der Waals surface area contributed by atoms with Crippen LogP contribution < -0.4 is 15.5 Å². The highest BCUT2D eigenvalue weighted by Gasteiger charge is 2.30. The van der Waals surface area contributed by atoms with Crippen molar-refractivity contribution in [2.75, 3.05) is 19.0 Å². The number of thiophene rings is 1. The Morgan fingerprint density at radius 1 is 1.26 bits per heavy atom. The molecule has 0 spiro atoms. The van der Waals surface area contributed by atoms with Gasteiger partial charge in [-0.15, -0.1) is 11.3 Å². The lowest BCUT2D eigenvalue weighted by atomic mass is 9.88. The van der Waals surface area contributed by atoms with E-state index in [1.807, 2.05) is 6.07 Å². The Morgan fingerprint density at radius 3 is 2.77 bits per heavy atom. The van der Waals surface area contributed by atoms with Crippen LogP contribution in [0.25, 0.3) is 0 Å². The Morgan fingerprint density at radius 2 is 2.03 bits per heavy atom. The monoisotopic (exact) mass is 443 g/mol. The number of anilines is 1. The van der Waals surface area contributed by atoms with Gasteiger partial charge in [-0.25, -0.2) is 10.2 Å². The number of esters is 1. The topological polar surface area (TPSA) is 106 Å². The number of rotatable bonds is 6. The number of nitrogens with zero attached hydrogens (tertiary/aromatic N) is 1. The van der Waals surface area contributed by atoms with Crippen LogP contribution in [0.1, 0.15) is 46.6 Å². The van der Waals surface area contributed by atoms with E-state index in [4.69, 9.17) is 9.47 Å². The van der Waals surface area contributed by atoms with Gasteiger partial charge in [0.25, 0.3) is 0 Å². The number of nitrogens with one attached hydrogen (secondary N) is 2. The van der Waals surface area contributed by atoms with E-state index in [1.54, 1.807) is 25.1 Å². The van der Waals surface area contributed by atoms with Crippen molar-refractivity contribution in [1.82, 2.24) is 5.43 Å². The fourth-order valence-corrected chi connectivity index (χ4v) is 4.80. The van der Waals surface area contributed by atoms with Crippen LogP contribution in [0.3, 0.4) is 0 Å². The summed E-state index contributed by atoms with van der Waals surface area (Å²) in [4.78, 5) is 38.2. The zero-order valence-corrected chi connectivity index (χ0v) is 18.5. The molecule has 164 valence electrons. The number of fused-ring (bicyclic) bond motifs is 1. The fraction of sp³-hybridized carbons (Fsp3) is 0.364. The van der Waals surface area contributed by atoms with Gasteiger partial charge in [-0.05, 0) is 49.8 Å². The zero-order chi connectivity index (χ0) is 22.4. The predicted octanol–water partition coefficient (Wildman–Crippen LogP) is 3.15. The van der Waals surface area contributed by atoms with Crippen molar-refractivity contribution in [3.8, 4) is 5.75 Å². The molecule has 31 heavy (non-hydrogen) atoms. The lowest BCUT2D eigenvalue weighted by Crippen LogP contribution is -2.32. The van der Waals surface area contributed by atoms with Crippen molar-refractivity contribution in [2.45, 2.75) is 33.1 Å². The quantitative estimate of drug-likeness (QED) is 0.309. The summed E-state index contributed by atoms with van der Waals surface area (Å²) in [5.41, 5.74) is 4.11. The molecule has 0 bridgehead atoms. The van der Waals surface area contributed by atoms with Gasteiger partial charge in [0.1, 0.15) is 10.8 Å². The molecule has 0 aliphatic heterocycles. The molecule has 2 N–H and O–H groups in total. The lowest BCUT2D eigenvalue weighted by molar-refractivity contribution is -0.136.